The van der Waals surface area contributed by atoms with Crippen molar-refractivity contribution in [3.05, 3.63) is 28.7 Å². The van der Waals surface area contributed by atoms with Gasteiger partial charge in [0.25, 0.3) is 0 Å². The van der Waals surface area contributed by atoms with Gasteiger partial charge in [0.2, 0.25) is 0 Å². The molecule has 1 aromatic carbocycles. The minimum atomic E-state index is -3.21. The third kappa shape index (κ3) is 2.52. The normalized spacial score (nSPS) is 11.5. The summed E-state index contributed by atoms with van der Waals surface area (Å²) in [6, 6.07) is 6.72. The Morgan fingerprint density at radius 3 is 2.46 bits per heavy atom. The Bertz CT molecular complexity index is 389. The first-order valence-corrected chi connectivity index (χ1v) is 6.20. The first kappa shape index (κ1) is 10.7. The lowest BCUT2D eigenvalue weighted by molar-refractivity contribution is 0.595. The zero-order valence-electron chi connectivity index (χ0n) is 6.90. The van der Waals surface area contributed by atoms with Crippen LogP contribution in [0, 0.1) is 0 Å². The van der Waals surface area contributed by atoms with Crippen LogP contribution < -0.4 is 5.73 Å². The minimum Gasteiger partial charge on any atom is -0.329 e. The molecule has 2 N–H and O–H groups in total. The Morgan fingerprint density at radius 1 is 1.31 bits per heavy atom. The van der Waals surface area contributed by atoms with Gasteiger partial charge in [-0.05, 0) is 28.1 Å². The summed E-state index contributed by atoms with van der Waals surface area (Å²) in [4.78, 5) is 0.306. The molecule has 0 radical (unpaired) electrons. The van der Waals surface area contributed by atoms with Gasteiger partial charge in [0, 0.05) is 11.0 Å². The van der Waals surface area contributed by atoms with E-state index in [2.05, 4.69) is 15.9 Å². The van der Waals surface area contributed by atoms with E-state index in [1.807, 2.05) is 0 Å². The molecule has 0 aliphatic carbocycles. The van der Waals surface area contributed by atoms with Crippen LogP contribution in [0.4, 0.5) is 0 Å². The van der Waals surface area contributed by atoms with E-state index in [0.717, 1.165) is 0 Å². The van der Waals surface area contributed by atoms with Crippen LogP contribution in [-0.2, 0) is 9.84 Å². The highest BCUT2D eigenvalue weighted by molar-refractivity contribution is 9.10. The van der Waals surface area contributed by atoms with Gasteiger partial charge in [0.05, 0.1) is 10.6 Å². The van der Waals surface area contributed by atoms with Crippen molar-refractivity contribution in [1.82, 2.24) is 0 Å². The molecule has 0 amide bonds. The fraction of sp³-hybridized carbons (Fsp3) is 0.250. The molecule has 0 atom stereocenters. The number of halogens is 1. The Morgan fingerprint density at radius 2 is 1.92 bits per heavy atom. The first-order valence-electron chi connectivity index (χ1n) is 3.75. The first-order chi connectivity index (χ1) is 6.08. The van der Waals surface area contributed by atoms with Crippen molar-refractivity contribution in [2.45, 2.75) is 4.90 Å². The van der Waals surface area contributed by atoms with Gasteiger partial charge in [-0.2, -0.15) is 0 Å². The van der Waals surface area contributed by atoms with Crippen molar-refractivity contribution in [1.29, 1.82) is 0 Å². The van der Waals surface area contributed by atoms with Crippen LogP contribution in [-0.4, -0.2) is 20.7 Å². The maximum absolute atomic E-state index is 11.5. The van der Waals surface area contributed by atoms with E-state index < -0.39 is 9.84 Å². The summed E-state index contributed by atoms with van der Waals surface area (Å²) in [7, 11) is -3.21. The monoisotopic (exact) mass is 263 g/mol. The predicted octanol–water partition coefficient (Wildman–Crippen LogP) is 1.18. The Hall–Kier alpha value is -0.390. The van der Waals surface area contributed by atoms with E-state index in [-0.39, 0.29) is 12.3 Å². The fourth-order valence-corrected chi connectivity index (χ4v) is 3.17. The fourth-order valence-electron chi connectivity index (χ4n) is 0.962. The smallest absolute Gasteiger partial charge is 0.180 e. The number of hydrogen-bond donors (Lipinski definition) is 1. The van der Waals surface area contributed by atoms with Crippen LogP contribution in [0.1, 0.15) is 0 Å². The SMILES string of the molecule is NCCS(=O)(=O)c1ccccc1Br. The highest BCUT2D eigenvalue weighted by Crippen LogP contribution is 2.21. The number of sulfone groups is 1. The molecule has 1 rings (SSSR count). The summed E-state index contributed by atoms with van der Waals surface area (Å²) in [6.45, 7) is 0.143. The molecule has 0 saturated heterocycles. The summed E-state index contributed by atoms with van der Waals surface area (Å²) in [6.07, 6.45) is 0. The van der Waals surface area contributed by atoms with Crippen LogP contribution in [0.15, 0.2) is 33.6 Å². The van der Waals surface area contributed by atoms with E-state index in [0.29, 0.717) is 9.37 Å². The van der Waals surface area contributed by atoms with Crippen molar-refractivity contribution in [2.24, 2.45) is 5.73 Å². The zero-order chi connectivity index (χ0) is 9.90. The molecule has 13 heavy (non-hydrogen) atoms. The molecular formula is C8H10BrNO2S. The van der Waals surface area contributed by atoms with E-state index in [1.54, 1.807) is 24.3 Å². The molecule has 0 fully saturated rings. The van der Waals surface area contributed by atoms with Crippen molar-refractivity contribution >= 4 is 25.8 Å². The highest BCUT2D eigenvalue weighted by atomic mass is 79.9. The van der Waals surface area contributed by atoms with Gasteiger partial charge < -0.3 is 5.73 Å². The van der Waals surface area contributed by atoms with E-state index in [1.165, 1.54) is 0 Å². The minimum absolute atomic E-state index is 0.0182. The third-order valence-corrected chi connectivity index (χ3v) is 4.31. The maximum atomic E-state index is 11.5. The molecule has 0 aliphatic rings. The lowest BCUT2D eigenvalue weighted by Gasteiger charge is -2.03. The number of nitrogens with two attached hydrogens (primary N) is 1. The zero-order valence-corrected chi connectivity index (χ0v) is 9.31. The van der Waals surface area contributed by atoms with Crippen LogP contribution in [0.2, 0.25) is 0 Å². The molecule has 0 aliphatic heterocycles. The Labute approximate surface area is 86.0 Å². The molecule has 72 valence electrons. The van der Waals surface area contributed by atoms with Crippen LogP contribution in [0.5, 0.6) is 0 Å². The van der Waals surface area contributed by atoms with E-state index >= 15 is 0 Å². The van der Waals surface area contributed by atoms with Gasteiger partial charge in [0.15, 0.2) is 9.84 Å². The molecule has 0 aromatic heterocycles. The van der Waals surface area contributed by atoms with Gasteiger partial charge in [-0.1, -0.05) is 12.1 Å². The lowest BCUT2D eigenvalue weighted by atomic mass is 10.4. The van der Waals surface area contributed by atoms with E-state index in [9.17, 15) is 8.42 Å². The molecule has 1 aromatic rings. The summed E-state index contributed by atoms with van der Waals surface area (Å²) in [5.41, 5.74) is 5.21. The molecule has 5 heteroatoms. The summed E-state index contributed by atoms with van der Waals surface area (Å²) < 4.78 is 23.7. The van der Waals surface area contributed by atoms with Crippen molar-refractivity contribution < 1.29 is 8.42 Å². The molecule has 0 saturated carbocycles. The standard InChI is InChI=1S/C8H10BrNO2S/c9-7-3-1-2-4-8(7)13(11,12)6-5-10/h1-4H,5-6,10H2. The lowest BCUT2D eigenvalue weighted by Crippen LogP contribution is -2.16. The number of benzene rings is 1. The van der Waals surface area contributed by atoms with Crippen molar-refractivity contribution in [2.75, 3.05) is 12.3 Å². The topological polar surface area (TPSA) is 60.2 Å². The molecular weight excluding hydrogens is 254 g/mol. The second kappa shape index (κ2) is 4.21. The van der Waals surface area contributed by atoms with Gasteiger partial charge in [-0.3, -0.25) is 0 Å². The largest absolute Gasteiger partial charge is 0.329 e. The third-order valence-electron chi connectivity index (χ3n) is 1.56. The highest BCUT2D eigenvalue weighted by Gasteiger charge is 2.15. The summed E-state index contributed by atoms with van der Waals surface area (Å²) in [5, 5.41) is 0. The molecule has 0 heterocycles. The average molecular weight is 264 g/mol. The molecule has 0 unspecified atom stereocenters. The van der Waals surface area contributed by atoms with Crippen molar-refractivity contribution in [3.63, 3.8) is 0 Å². The summed E-state index contributed by atoms with van der Waals surface area (Å²) >= 11 is 3.18. The maximum Gasteiger partial charge on any atom is 0.180 e. The van der Waals surface area contributed by atoms with Crippen LogP contribution >= 0.6 is 15.9 Å². The number of hydrogen-bond acceptors (Lipinski definition) is 3. The van der Waals surface area contributed by atoms with Crippen molar-refractivity contribution in [3.8, 4) is 0 Å². The van der Waals surface area contributed by atoms with Gasteiger partial charge in [-0.25, -0.2) is 8.42 Å². The average Bonchev–Trinajstić information content (AvgIpc) is 2.04. The molecule has 3 nitrogen and oxygen atoms in total. The van der Waals surface area contributed by atoms with Crippen LogP contribution in [0.25, 0.3) is 0 Å². The van der Waals surface area contributed by atoms with Gasteiger partial charge in [0.1, 0.15) is 0 Å². The number of rotatable bonds is 3. The Kier molecular flexibility index (Phi) is 3.47. The summed E-state index contributed by atoms with van der Waals surface area (Å²) in [5.74, 6) is -0.0182. The second-order valence-electron chi connectivity index (χ2n) is 2.54. The molecule has 0 spiro atoms. The van der Waals surface area contributed by atoms with E-state index in [4.69, 9.17) is 5.73 Å². The quantitative estimate of drug-likeness (QED) is 0.891. The van der Waals surface area contributed by atoms with Crippen LogP contribution in [0.3, 0.4) is 0 Å². The molecule has 0 bridgehead atoms. The Balaban J connectivity index is 3.15. The van der Waals surface area contributed by atoms with Gasteiger partial charge >= 0.3 is 0 Å². The van der Waals surface area contributed by atoms with Gasteiger partial charge in [-0.15, -0.1) is 0 Å². The predicted molar refractivity (Wildman–Crippen MR) is 55.2 cm³/mol. The second-order valence-corrected chi connectivity index (χ2v) is 5.47.